The van der Waals surface area contributed by atoms with Gasteiger partial charge in [-0.15, -0.1) is 0 Å². The Kier molecular flexibility index (Phi) is 6.70. The number of quaternary nitrogens is 1. The van der Waals surface area contributed by atoms with E-state index in [1.807, 2.05) is 49.1 Å². The summed E-state index contributed by atoms with van der Waals surface area (Å²) in [5.74, 6) is 0.965. The molecule has 0 aromatic heterocycles. The van der Waals surface area contributed by atoms with Crippen LogP contribution in [0.25, 0.3) is 0 Å². The quantitative estimate of drug-likeness (QED) is 0.793. The van der Waals surface area contributed by atoms with Gasteiger partial charge in [0.15, 0.2) is 0 Å². The van der Waals surface area contributed by atoms with E-state index in [9.17, 15) is 9.90 Å². The normalized spacial score (nSPS) is 16.1. The van der Waals surface area contributed by atoms with Crippen LogP contribution in [0.2, 0.25) is 0 Å². The first kappa shape index (κ1) is 20.4. The molecule has 150 valence electrons. The Hall–Kier alpha value is -2.37. The summed E-state index contributed by atoms with van der Waals surface area (Å²) in [6.07, 6.45) is -0.522. The van der Waals surface area contributed by atoms with Gasteiger partial charge in [-0.25, -0.2) is 0 Å². The van der Waals surface area contributed by atoms with Crippen LogP contribution in [0.3, 0.4) is 0 Å². The van der Waals surface area contributed by atoms with Crippen LogP contribution in [-0.2, 0) is 0 Å². The Morgan fingerprint density at radius 3 is 2.32 bits per heavy atom. The Bertz CT molecular complexity index is 776. The lowest BCUT2D eigenvalue weighted by molar-refractivity contribution is -0.907. The monoisotopic (exact) mass is 383 g/mol. The standard InChI is InChI=1S/C23H30N2O3/c1-17-13-18(2)22(19(3)14-17)28-16-21(26)15-24-9-11-25(12-10-24)23(27)20-7-5-4-6-8-20/h4-8,13-14,21,26H,9-12,15-16H2,1-3H3/p+1/t21-/m0/s1. The van der Waals surface area contributed by atoms with E-state index >= 15 is 0 Å². The SMILES string of the molecule is Cc1cc(C)c(OC[C@@H](O)C[NH+]2CCN(C(=O)c3ccccc3)CC2)c(C)c1. The number of benzene rings is 2. The number of amides is 1. The van der Waals surface area contributed by atoms with E-state index in [1.165, 1.54) is 10.5 Å². The molecule has 0 unspecified atom stereocenters. The van der Waals surface area contributed by atoms with Crippen LogP contribution in [0, 0.1) is 20.8 Å². The molecule has 0 saturated carbocycles. The summed E-state index contributed by atoms with van der Waals surface area (Å²) >= 11 is 0. The van der Waals surface area contributed by atoms with Crippen LogP contribution in [0.15, 0.2) is 42.5 Å². The smallest absolute Gasteiger partial charge is 0.254 e. The zero-order chi connectivity index (χ0) is 20.1. The summed E-state index contributed by atoms with van der Waals surface area (Å²) in [5, 5.41) is 10.4. The molecule has 1 fully saturated rings. The minimum atomic E-state index is -0.522. The van der Waals surface area contributed by atoms with Gasteiger partial charge in [-0.05, 0) is 44.0 Å². The van der Waals surface area contributed by atoms with Gasteiger partial charge in [-0.3, -0.25) is 4.79 Å². The molecule has 1 saturated heterocycles. The number of carbonyl (C=O) groups is 1. The number of carbonyl (C=O) groups excluding carboxylic acids is 1. The number of hydrogen-bond acceptors (Lipinski definition) is 3. The highest BCUT2D eigenvalue weighted by Crippen LogP contribution is 2.24. The van der Waals surface area contributed by atoms with Crippen LogP contribution in [0.1, 0.15) is 27.0 Å². The fourth-order valence-electron chi connectivity index (χ4n) is 3.96. The molecule has 1 heterocycles. The van der Waals surface area contributed by atoms with Crippen molar-refractivity contribution < 1.29 is 19.5 Å². The van der Waals surface area contributed by atoms with Crippen molar-refractivity contribution in [3.05, 3.63) is 64.7 Å². The number of rotatable bonds is 6. The predicted octanol–water partition coefficient (Wildman–Crippen LogP) is 1.39. The lowest BCUT2D eigenvalue weighted by atomic mass is 10.1. The zero-order valence-electron chi connectivity index (χ0n) is 17.1. The van der Waals surface area contributed by atoms with Crippen LogP contribution in [0.5, 0.6) is 5.75 Å². The molecule has 2 N–H and O–H groups in total. The molecule has 1 aliphatic heterocycles. The summed E-state index contributed by atoms with van der Waals surface area (Å²) in [6, 6.07) is 13.6. The molecule has 0 radical (unpaired) electrons. The van der Waals surface area contributed by atoms with E-state index in [1.54, 1.807) is 0 Å². The van der Waals surface area contributed by atoms with Gasteiger partial charge in [-0.1, -0.05) is 35.9 Å². The summed E-state index contributed by atoms with van der Waals surface area (Å²) in [4.78, 5) is 15.7. The van der Waals surface area contributed by atoms with Crippen LogP contribution >= 0.6 is 0 Å². The van der Waals surface area contributed by atoms with Crippen LogP contribution < -0.4 is 9.64 Å². The van der Waals surface area contributed by atoms with E-state index in [4.69, 9.17) is 4.74 Å². The van der Waals surface area contributed by atoms with Gasteiger partial charge in [0, 0.05) is 5.56 Å². The fraction of sp³-hybridized carbons (Fsp3) is 0.435. The second kappa shape index (κ2) is 9.22. The molecule has 28 heavy (non-hydrogen) atoms. The summed E-state index contributed by atoms with van der Waals surface area (Å²) in [5.41, 5.74) is 4.16. The highest BCUT2D eigenvalue weighted by atomic mass is 16.5. The first-order chi connectivity index (χ1) is 13.4. The van der Waals surface area contributed by atoms with Crippen molar-refractivity contribution in [3.8, 4) is 5.75 Å². The van der Waals surface area contributed by atoms with E-state index in [0.717, 1.165) is 35.5 Å². The summed E-state index contributed by atoms with van der Waals surface area (Å²) < 4.78 is 5.92. The van der Waals surface area contributed by atoms with Gasteiger partial charge in [0.2, 0.25) is 0 Å². The Balaban J connectivity index is 1.45. The number of hydrogen-bond donors (Lipinski definition) is 2. The predicted molar refractivity (Wildman–Crippen MR) is 110 cm³/mol. The van der Waals surface area contributed by atoms with Crippen molar-refractivity contribution in [2.75, 3.05) is 39.3 Å². The minimum Gasteiger partial charge on any atom is -0.490 e. The largest absolute Gasteiger partial charge is 0.490 e. The summed E-state index contributed by atoms with van der Waals surface area (Å²) in [7, 11) is 0. The first-order valence-corrected chi connectivity index (χ1v) is 10.0. The second-order valence-electron chi connectivity index (χ2n) is 7.81. The number of aliphatic hydroxyl groups is 1. The molecular formula is C23H31N2O3+. The Morgan fingerprint density at radius 1 is 1.11 bits per heavy atom. The van der Waals surface area contributed by atoms with E-state index in [2.05, 4.69) is 19.1 Å². The lowest BCUT2D eigenvalue weighted by Gasteiger charge is -2.33. The first-order valence-electron chi connectivity index (χ1n) is 10.0. The van der Waals surface area contributed by atoms with Crippen LogP contribution in [-0.4, -0.2) is 61.3 Å². The highest BCUT2D eigenvalue weighted by molar-refractivity contribution is 5.94. The molecule has 3 rings (SSSR count). The number of aryl methyl sites for hydroxylation is 3. The average Bonchev–Trinajstić information content (AvgIpc) is 2.68. The van der Waals surface area contributed by atoms with Crippen molar-refractivity contribution in [2.24, 2.45) is 0 Å². The van der Waals surface area contributed by atoms with Gasteiger partial charge in [0.05, 0.1) is 26.2 Å². The molecular weight excluding hydrogens is 352 g/mol. The number of ether oxygens (including phenoxy) is 1. The van der Waals surface area contributed by atoms with E-state index in [-0.39, 0.29) is 5.91 Å². The lowest BCUT2D eigenvalue weighted by Crippen LogP contribution is -3.16. The third-order valence-electron chi connectivity index (χ3n) is 5.33. The molecule has 1 atom stereocenters. The molecule has 1 aliphatic rings. The van der Waals surface area contributed by atoms with Crippen molar-refractivity contribution in [1.82, 2.24) is 4.90 Å². The summed E-state index contributed by atoms with van der Waals surface area (Å²) in [6.45, 7) is 10.2. The minimum absolute atomic E-state index is 0.0915. The van der Waals surface area contributed by atoms with Crippen molar-refractivity contribution >= 4 is 5.91 Å². The van der Waals surface area contributed by atoms with Gasteiger partial charge in [0.25, 0.3) is 5.91 Å². The van der Waals surface area contributed by atoms with Crippen molar-refractivity contribution in [3.63, 3.8) is 0 Å². The van der Waals surface area contributed by atoms with E-state index in [0.29, 0.717) is 26.2 Å². The third kappa shape index (κ3) is 5.12. The van der Waals surface area contributed by atoms with Gasteiger partial charge in [-0.2, -0.15) is 0 Å². The number of nitrogens with one attached hydrogen (secondary N) is 1. The Morgan fingerprint density at radius 2 is 1.71 bits per heavy atom. The maximum absolute atomic E-state index is 12.5. The second-order valence-corrected chi connectivity index (χ2v) is 7.81. The molecule has 0 spiro atoms. The molecule has 0 bridgehead atoms. The molecule has 5 heteroatoms. The van der Waals surface area contributed by atoms with Crippen molar-refractivity contribution in [2.45, 2.75) is 26.9 Å². The maximum Gasteiger partial charge on any atom is 0.254 e. The highest BCUT2D eigenvalue weighted by Gasteiger charge is 2.26. The van der Waals surface area contributed by atoms with E-state index < -0.39 is 6.10 Å². The number of nitrogens with zero attached hydrogens (tertiary/aromatic N) is 1. The van der Waals surface area contributed by atoms with Crippen molar-refractivity contribution in [1.29, 1.82) is 0 Å². The van der Waals surface area contributed by atoms with Crippen LogP contribution in [0.4, 0.5) is 0 Å². The topological polar surface area (TPSA) is 54.2 Å². The third-order valence-corrected chi connectivity index (χ3v) is 5.33. The number of aliphatic hydroxyl groups excluding tert-OH is 1. The average molecular weight is 384 g/mol. The Labute approximate surface area is 167 Å². The maximum atomic E-state index is 12.5. The van der Waals surface area contributed by atoms with Gasteiger partial charge >= 0.3 is 0 Å². The molecule has 1 amide bonds. The molecule has 2 aromatic carbocycles. The number of piperazine rings is 1. The van der Waals surface area contributed by atoms with Gasteiger partial charge < -0.3 is 19.6 Å². The fourth-order valence-corrected chi connectivity index (χ4v) is 3.96. The van der Waals surface area contributed by atoms with Gasteiger partial charge in [0.1, 0.15) is 25.0 Å². The molecule has 0 aliphatic carbocycles. The molecule has 5 nitrogen and oxygen atoms in total. The zero-order valence-corrected chi connectivity index (χ0v) is 17.1. The molecule has 2 aromatic rings.